The van der Waals surface area contributed by atoms with Gasteiger partial charge in [0, 0.05) is 42.2 Å². The van der Waals surface area contributed by atoms with E-state index in [2.05, 4.69) is 15.6 Å². The Morgan fingerprint density at radius 1 is 1.18 bits per heavy atom. The highest BCUT2D eigenvalue weighted by Gasteiger charge is 2.29. The van der Waals surface area contributed by atoms with Crippen molar-refractivity contribution in [1.82, 2.24) is 14.6 Å². The second-order valence-electron chi connectivity index (χ2n) is 7.21. The minimum absolute atomic E-state index is 0.0217. The van der Waals surface area contributed by atoms with E-state index in [-0.39, 0.29) is 47.6 Å². The van der Waals surface area contributed by atoms with Crippen LogP contribution in [0.3, 0.4) is 0 Å². The van der Waals surface area contributed by atoms with E-state index in [0.717, 1.165) is 21.7 Å². The van der Waals surface area contributed by atoms with Crippen molar-refractivity contribution in [3.8, 4) is 0 Å². The highest BCUT2D eigenvalue weighted by Crippen LogP contribution is 2.24. The number of halogens is 2. The van der Waals surface area contributed by atoms with Crippen LogP contribution in [0.25, 0.3) is 0 Å². The predicted octanol–water partition coefficient (Wildman–Crippen LogP) is 2.38. The standard InChI is InChI=1S/C21H18F2N4O4S2/c22-15-4-1-14(18(23)10-15)9-16-11-25-21(32-16)26-20(29)13-2-5-17(6-3-13)33(30,31)27-8-7-24-19(28)12-27/h1-6,10-11H,7-9,12H2,(H,24,28)(H,25,26,29). The van der Waals surface area contributed by atoms with Crippen LogP contribution in [0.2, 0.25) is 0 Å². The van der Waals surface area contributed by atoms with Crippen LogP contribution in [0.4, 0.5) is 13.9 Å². The van der Waals surface area contributed by atoms with Gasteiger partial charge in [-0.15, -0.1) is 11.3 Å². The van der Waals surface area contributed by atoms with Crippen molar-refractivity contribution in [2.45, 2.75) is 11.3 Å². The molecule has 0 unspecified atom stereocenters. The zero-order valence-electron chi connectivity index (χ0n) is 17.0. The molecule has 0 aliphatic carbocycles. The van der Waals surface area contributed by atoms with Gasteiger partial charge in [0.05, 0.1) is 11.4 Å². The lowest BCUT2D eigenvalue weighted by Gasteiger charge is -2.25. The second kappa shape index (κ2) is 9.33. The first-order chi connectivity index (χ1) is 15.7. The van der Waals surface area contributed by atoms with Crippen LogP contribution in [0, 0.1) is 11.6 Å². The number of rotatable bonds is 6. The maximum atomic E-state index is 13.8. The number of sulfonamides is 1. The van der Waals surface area contributed by atoms with Gasteiger partial charge < -0.3 is 5.32 Å². The lowest BCUT2D eigenvalue weighted by Crippen LogP contribution is -2.49. The number of nitrogens with one attached hydrogen (secondary N) is 2. The van der Waals surface area contributed by atoms with E-state index in [0.29, 0.717) is 10.4 Å². The van der Waals surface area contributed by atoms with Gasteiger partial charge >= 0.3 is 0 Å². The number of benzene rings is 2. The number of carbonyl (C=O) groups is 2. The van der Waals surface area contributed by atoms with E-state index in [4.69, 9.17) is 0 Å². The fraction of sp³-hybridized carbons (Fsp3) is 0.190. The molecular formula is C21H18F2N4O4S2. The van der Waals surface area contributed by atoms with Crippen LogP contribution in [0.5, 0.6) is 0 Å². The second-order valence-corrected chi connectivity index (χ2v) is 10.3. The van der Waals surface area contributed by atoms with Crippen molar-refractivity contribution in [1.29, 1.82) is 0 Å². The van der Waals surface area contributed by atoms with E-state index in [1.807, 2.05) is 0 Å². The third-order valence-electron chi connectivity index (χ3n) is 4.91. The fourth-order valence-electron chi connectivity index (χ4n) is 3.22. The van der Waals surface area contributed by atoms with Gasteiger partial charge in [0.1, 0.15) is 11.6 Å². The number of carbonyl (C=O) groups excluding carboxylic acids is 2. The average Bonchev–Trinajstić information content (AvgIpc) is 3.22. The SMILES string of the molecule is O=C1CN(S(=O)(=O)c2ccc(C(=O)Nc3ncc(Cc4ccc(F)cc4F)s3)cc2)CCN1. The van der Waals surface area contributed by atoms with E-state index >= 15 is 0 Å². The summed E-state index contributed by atoms with van der Waals surface area (Å²) in [6.45, 7) is 0.158. The summed E-state index contributed by atoms with van der Waals surface area (Å²) in [6.07, 6.45) is 1.69. The molecule has 0 spiro atoms. The Morgan fingerprint density at radius 2 is 1.94 bits per heavy atom. The molecule has 1 saturated heterocycles. The minimum atomic E-state index is -3.85. The van der Waals surface area contributed by atoms with Crippen LogP contribution >= 0.6 is 11.3 Å². The maximum absolute atomic E-state index is 13.8. The van der Waals surface area contributed by atoms with Crippen molar-refractivity contribution in [3.63, 3.8) is 0 Å². The number of piperazine rings is 1. The minimum Gasteiger partial charge on any atom is -0.354 e. The normalized spacial score (nSPS) is 14.7. The lowest BCUT2D eigenvalue weighted by atomic mass is 10.1. The molecule has 172 valence electrons. The Morgan fingerprint density at radius 3 is 2.64 bits per heavy atom. The Bertz CT molecular complexity index is 1310. The smallest absolute Gasteiger partial charge is 0.257 e. The van der Waals surface area contributed by atoms with Crippen molar-refractivity contribution in [2.75, 3.05) is 25.0 Å². The number of hydrogen-bond acceptors (Lipinski definition) is 6. The zero-order valence-corrected chi connectivity index (χ0v) is 18.7. The molecule has 33 heavy (non-hydrogen) atoms. The van der Waals surface area contributed by atoms with Crippen LogP contribution in [0.1, 0.15) is 20.8 Å². The molecule has 0 atom stereocenters. The van der Waals surface area contributed by atoms with Gasteiger partial charge in [-0.05, 0) is 35.9 Å². The molecule has 1 aliphatic rings. The van der Waals surface area contributed by atoms with Crippen LogP contribution in [0.15, 0.2) is 53.6 Å². The molecule has 1 fully saturated rings. The summed E-state index contributed by atoms with van der Waals surface area (Å²) < 4.78 is 53.3. The molecule has 12 heteroatoms. The highest BCUT2D eigenvalue weighted by atomic mass is 32.2. The summed E-state index contributed by atoms with van der Waals surface area (Å²) in [6, 6.07) is 8.69. The predicted molar refractivity (Wildman–Crippen MR) is 117 cm³/mol. The van der Waals surface area contributed by atoms with E-state index in [1.165, 1.54) is 42.6 Å². The fourth-order valence-corrected chi connectivity index (χ4v) is 5.44. The van der Waals surface area contributed by atoms with Crippen molar-refractivity contribution < 1.29 is 26.8 Å². The largest absolute Gasteiger partial charge is 0.354 e. The Labute approximate surface area is 192 Å². The summed E-state index contributed by atoms with van der Waals surface area (Å²) in [5, 5.41) is 5.47. The summed E-state index contributed by atoms with van der Waals surface area (Å²) in [5.74, 6) is -2.18. The van der Waals surface area contributed by atoms with Crippen LogP contribution in [-0.4, -0.2) is 49.2 Å². The first kappa shape index (κ1) is 23.0. The molecule has 2 N–H and O–H groups in total. The summed E-state index contributed by atoms with van der Waals surface area (Å²) >= 11 is 1.15. The Hall–Kier alpha value is -3.22. The summed E-state index contributed by atoms with van der Waals surface area (Å²) in [7, 11) is -3.85. The third-order valence-corrected chi connectivity index (χ3v) is 7.68. The molecule has 2 heterocycles. The molecule has 2 amide bonds. The zero-order chi connectivity index (χ0) is 23.6. The third kappa shape index (κ3) is 5.24. The van der Waals surface area contributed by atoms with Crippen LogP contribution in [-0.2, 0) is 21.2 Å². The Kier molecular flexibility index (Phi) is 6.49. The number of aromatic nitrogens is 1. The summed E-state index contributed by atoms with van der Waals surface area (Å²) in [5.41, 5.74) is 0.521. The monoisotopic (exact) mass is 492 g/mol. The van der Waals surface area contributed by atoms with Gasteiger partial charge in [0.25, 0.3) is 5.91 Å². The topological polar surface area (TPSA) is 108 Å². The molecule has 0 saturated carbocycles. The van der Waals surface area contributed by atoms with Crippen molar-refractivity contribution in [2.24, 2.45) is 0 Å². The molecule has 0 radical (unpaired) electrons. The number of hydrogen-bond donors (Lipinski definition) is 2. The van der Waals surface area contributed by atoms with Crippen LogP contribution < -0.4 is 10.6 Å². The number of thiazole rings is 1. The van der Waals surface area contributed by atoms with Gasteiger partial charge in [-0.1, -0.05) is 6.07 Å². The van der Waals surface area contributed by atoms with Gasteiger partial charge in [-0.3, -0.25) is 14.9 Å². The van der Waals surface area contributed by atoms with Gasteiger partial charge in [0.2, 0.25) is 15.9 Å². The number of anilines is 1. The van der Waals surface area contributed by atoms with E-state index in [9.17, 15) is 26.8 Å². The van der Waals surface area contributed by atoms with Gasteiger partial charge in [-0.2, -0.15) is 4.31 Å². The molecule has 4 rings (SSSR count). The lowest BCUT2D eigenvalue weighted by molar-refractivity contribution is -0.122. The molecule has 2 aromatic carbocycles. The Balaban J connectivity index is 1.41. The number of amides is 2. The van der Waals surface area contributed by atoms with Gasteiger partial charge in [-0.25, -0.2) is 22.2 Å². The van der Waals surface area contributed by atoms with E-state index < -0.39 is 27.6 Å². The maximum Gasteiger partial charge on any atom is 0.257 e. The summed E-state index contributed by atoms with van der Waals surface area (Å²) in [4.78, 5) is 28.8. The average molecular weight is 493 g/mol. The van der Waals surface area contributed by atoms with Gasteiger partial charge in [0.15, 0.2) is 5.13 Å². The molecule has 1 aliphatic heterocycles. The molecule has 1 aromatic heterocycles. The van der Waals surface area contributed by atoms with Crippen molar-refractivity contribution in [3.05, 3.63) is 76.3 Å². The molecule has 8 nitrogen and oxygen atoms in total. The first-order valence-electron chi connectivity index (χ1n) is 9.79. The molecular weight excluding hydrogens is 474 g/mol. The van der Waals surface area contributed by atoms with Crippen molar-refractivity contribution >= 4 is 38.3 Å². The highest BCUT2D eigenvalue weighted by molar-refractivity contribution is 7.89. The molecule has 0 bridgehead atoms. The first-order valence-corrected chi connectivity index (χ1v) is 12.0. The number of nitrogens with zero attached hydrogens (tertiary/aromatic N) is 2. The molecule has 3 aromatic rings. The quantitative estimate of drug-likeness (QED) is 0.549. The van der Waals surface area contributed by atoms with E-state index in [1.54, 1.807) is 0 Å².